The van der Waals surface area contributed by atoms with Crippen molar-refractivity contribution < 1.29 is 13.4 Å². The molecule has 0 fully saturated rings. The highest BCUT2D eigenvalue weighted by Gasteiger charge is 2.25. The number of halogens is 1. The highest BCUT2D eigenvalue weighted by atomic mass is 32.2. The molecule has 1 aliphatic rings. The summed E-state index contributed by atoms with van der Waals surface area (Å²) in [6.07, 6.45) is 8.07. The van der Waals surface area contributed by atoms with Gasteiger partial charge in [-0.3, -0.25) is 14.0 Å². The van der Waals surface area contributed by atoms with E-state index in [1.807, 2.05) is 49.4 Å². The smallest absolute Gasteiger partial charge is 0.224 e. The molecule has 168 valence electrons. The zero-order valence-electron chi connectivity index (χ0n) is 18.6. The fraction of sp³-hybridized carbons (Fsp3) is 0.185. The molecule has 0 spiro atoms. The van der Waals surface area contributed by atoms with Crippen LogP contribution in [0.2, 0.25) is 0 Å². The third-order valence-corrected chi connectivity index (χ3v) is 6.71. The highest BCUT2D eigenvalue weighted by Crippen LogP contribution is 2.43. The predicted octanol–water partition coefficient (Wildman–Crippen LogP) is 5.03. The molecule has 1 atom stereocenters. The average Bonchev–Trinajstić information content (AvgIpc) is 3.05. The first-order chi connectivity index (χ1) is 15.9. The first-order valence-corrected chi connectivity index (χ1v) is 12.3. The van der Waals surface area contributed by atoms with Crippen LogP contribution in [-0.2, 0) is 22.0 Å². The summed E-state index contributed by atoms with van der Waals surface area (Å²) in [5, 5.41) is 2.96. The molecule has 0 saturated heterocycles. The van der Waals surface area contributed by atoms with Gasteiger partial charge in [-0.1, -0.05) is 24.3 Å². The number of allylic oxidation sites excluding steroid dienone is 2. The van der Waals surface area contributed by atoms with Crippen LogP contribution in [-0.4, -0.2) is 27.9 Å². The van der Waals surface area contributed by atoms with E-state index in [0.29, 0.717) is 13.0 Å². The SMILES string of the molecule is CC1=C(CC(=O)NCCc2cccnc2)c2cc(F)ccc2/C1=C/c1ccc(S(C)=O)cc1. The number of carbonyl (C=O) groups is 1. The van der Waals surface area contributed by atoms with E-state index in [1.54, 1.807) is 24.7 Å². The van der Waals surface area contributed by atoms with Crippen LogP contribution in [0.25, 0.3) is 17.2 Å². The molecule has 3 aromatic rings. The summed E-state index contributed by atoms with van der Waals surface area (Å²) in [7, 11) is -1.03. The lowest BCUT2D eigenvalue weighted by molar-refractivity contribution is -0.120. The molecule has 1 amide bonds. The molecule has 0 bridgehead atoms. The minimum atomic E-state index is -1.03. The lowest BCUT2D eigenvalue weighted by atomic mass is 10.0. The van der Waals surface area contributed by atoms with Gasteiger partial charge in [0.05, 0.1) is 6.42 Å². The fourth-order valence-electron chi connectivity index (χ4n) is 4.02. The number of hydrogen-bond donors (Lipinski definition) is 1. The highest BCUT2D eigenvalue weighted by molar-refractivity contribution is 7.84. The van der Waals surface area contributed by atoms with Crippen molar-refractivity contribution in [2.75, 3.05) is 12.8 Å². The quantitative estimate of drug-likeness (QED) is 0.538. The van der Waals surface area contributed by atoms with E-state index >= 15 is 0 Å². The monoisotopic (exact) mass is 460 g/mol. The van der Waals surface area contributed by atoms with Crippen LogP contribution in [0, 0.1) is 5.82 Å². The fourth-order valence-corrected chi connectivity index (χ4v) is 4.54. The van der Waals surface area contributed by atoms with Gasteiger partial charge >= 0.3 is 0 Å². The van der Waals surface area contributed by atoms with Gasteiger partial charge in [-0.25, -0.2) is 4.39 Å². The summed E-state index contributed by atoms with van der Waals surface area (Å²) in [4.78, 5) is 17.5. The van der Waals surface area contributed by atoms with Crippen molar-refractivity contribution in [3.05, 3.63) is 101 Å². The number of fused-ring (bicyclic) bond motifs is 1. The average molecular weight is 461 g/mol. The molecule has 33 heavy (non-hydrogen) atoms. The Hall–Kier alpha value is -3.38. The maximum atomic E-state index is 14.1. The van der Waals surface area contributed by atoms with E-state index < -0.39 is 10.8 Å². The number of aromatic nitrogens is 1. The molecular formula is C27H25FN2O2S. The van der Waals surface area contributed by atoms with Crippen LogP contribution >= 0.6 is 0 Å². The molecule has 0 aliphatic heterocycles. The minimum absolute atomic E-state index is 0.0977. The maximum absolute atomic E-state index is 14.1. The Bertz CT molecular complexity index is 1270. The summed E-state index contributed by atoms with van der Waals surface area (Å²) < 4.78 is 25.7. The number of pyridine rings is 1. The Morgan fingerprint density at radius 2 is 1.91 bits per heavy atom. The summed E-state index contributed by atoms with van der Waals surface area (Å²) in [5.41, 5.74) is 6.44. The topological polar surface area (TPSA) is 59.1 Å². The predicted molar refractivity (Wildman–Crippen MR) is 131 cm³/mol. The lowest BCUT2D eigenvalue weighted by Gasteiger charge is -2.08. The van der Waals surface area contributed by atoms with Crippen molar-refractivity contribution >= 4 is 33.9 Å². The Balaban J connectivity index is 1.56. The number of hydrogen-bond acceptors (Lipinski definition) is 3. The van der Waals surface area contributed by atoms with Gasteiger partial charge in [-0.05, 0) is 88.7 Å². The van der Waals surface area contributed by atoms with Crippen LogP contribution in [0.5, 0.6) is 0 Å². The molecule has 1 unspecified atom stereocenters. The molecule has 1 heterocycles. The van der Waals surface area contributed by atoms with E-state index in [1.165, 1.54) is 12.1 Å². The number of nitrogens with one attached hydrogen (secondary N) is 1. The van der Waals surface area contributed by atoms with Gasteiger partial charge in [0.25, 0.3) is 0 Å². The molecule has 4 rings (SSSR count). The Morgan fingerprint density at radius 1 is 1.12 bits per heavy atom. The third kappa shape index (κ3) is 5.34. The second-order valence-electron chi connectivity index (χ2n) is 8.01. The Labute approximate surface area is 195 Å². The summed E-state index contributed by atoms with van der Waals surface area (Å²) in [5.74, 6) is -0.424. The molecule has 0 saturated carbocycles. The van der Waals surface area contributed by atoms with Gasteiger partial charge in [0.1, 0.15) is 5.82 Å². The lowest BCUT2D eigenvalue weighted by Crippen LogP contribution is -2.25. The van der Waals surface area contributed by atoms with Crippen molar-refractivity contribution in [3.63, 3.8) is 0 Å². The molecule has 1 aliphatic carbocycles. The molecule has 6 heteroatoms. The summed E-state index contributed by atoms with van der Waals surface area (Å²) in [6.45, 7) is 2.48. The van der Waals surface area contributed by atoms with Crippen molar-refractivity contribution in [2.24, 2.45) is 0 Å². The third-order valence-electron chi connectivity index (χ3n) is 5.77. The number of nitrogens with zero attached hydrogens (tertiary/aromatic N) is 1. The standard InChI is InChI=1S/C27H25FN2O2S/c1-18-24(14-19-5-8-22(9-6-19)33(2)32)23-10-7-21(28)15-26(23)25(18)16-27(31)30-13-11-20-4-3-12-29-17-20/h3-10,12,14-15,17H,11,13,16H2,1-2H3,(H,30,31)/b24-14+. The van der Waals surface area contributed by atoms with Gasteiger partial charge < -0.3 is 5.32 Å². The molecule has 0 radical (unpaired) electrons. The van der Waals surface area contributed by atoms with Gasteiger partial charge in [-0.2, -0.15) is 0 Å². The number of benzene rings is 2. The van der Waals surface area contributed by atoms with Gasteiger partial charge in [0, 0.05) is 40.9 Å². The molecule has 1 aromatic heterocycles. The number of rotatable bonds is 7. The zero-order valence-corrected chi connectivity index (χ0v) is 19.4. The van der Waals surface area contributed by atoms with Crippen LogP contribution in [0.4, 0.5) is 4.39 Å². The number of amides is 1. The summed E-state index contributed by atoms with van der Waals surface area (Å²) >= 11 is 0. The first kappa shape index (κ1) is 22.8. The van der Waals surface area contributed by atoms with Gasteiger partial charge in [0.15, 0.2) is 0 Å². The van der Waals surface area contributed by atoms with E-state index in [-0.39, 0.29) is 18.1 Å². The maximum Gasteiger partial charge on any atom is 0.224 e. The van der Waals surface area contributed by atoms with Crippen molar-refractivity contribution in [1.29, 1.82) is 0 Å². The van der Waals surface area contributed by atoms with Crippen molar-refractivity contribution in [3.8, 4) is 0 Å². The van der Waals surface area contributed by atoms with E-state index in [0.717, 1.165) is 43.9 Å². The normalized spacial score (nSPS) is 14.9. The van der Waals surface area contributed by atoms with Crippen LogP contribution < -0.4 is 5.32 Å². The molecular weight excluding hydrogens is 435 g/mol. The Kier molecular flexibility index (Phi) is 6.94. The van der Waals surface area contributed by atoms with Crippen molar-refractivity contribution in [2.45, 2.75) is 24.7 Å². The Morgan fingerprint density at radius 3 is 2.61 bits per heavy atom. The second kappa shape index (κ2) is 10.0. The minimum Gasteiger partial charge on any atom is -0.355 e. The second-order valence-corrected chi connectivity index (χ2v) is 9.39. The molecule has 1 N–H and O–H groups in total. The number of carbonyl (C=O) groups excluding carboxylic acids is 1. The van der Waals surface area contributed by atoms with Crippen molar-refractivity contribution in [1.82, 2.24) is 10.3 Å². The summed E-state index contributed by atoms with van der Waals surface area (Å²) in [6, 6.07) is 16.1. The van der Waals surface area contributed by atoms with E-state index in [2.05, 4.69) is 10.3 Å². The van der Waals surface area contributed by atoms with E-state index in [4.69, 9.17) is 0 Å². The largest absolute Gasteiger partial charge is 0.355 e. The molecule has 4 nitrogen and oxygen atoms in total. The van der Waals surface area contributed by atoms with Crippen LogP contribution in [0.15, 0.2) is 77.5 Å². The molecule has 2 aromatic carbocycles. The van der Waals surface area contributed by atoms with Gasteiger partial charge in [-0.15, -0.1) is 0 Å². The van der Waals surface area contributed by atoms with Crippen LogP contribution in [0.1, 0.15) is 35.6 Å². The van der Waals surface area contributed by atoms with Crippen LogP contribution in [0.3, 0.4) is 0 Å². The first-order valence-electron chi connectivity index (χ1n) is 10.7. The van der Waals surface area contributed by atoms with E-state index in [9.17, 15) is 13.4 Å². The zero-order chi connectivity index (χ0) is 23.4. The van der Waals surface area contributed by atoms with Gasteiger partial charge in [0.2, 0.25) is 5.91 Å².